The Hall–Kier alpha value is -1.87. The summed E-state index contributed by atoms with van der Waals surface area (Å²) in [5.41, 5.74) is 4.15. The van der Waals surface area contributed by atoms with E-state index in [1.807, 2.05) is 6.07 Å². The molecule has 1 saturated heterocycles. The van der Waals surface area contributed by atoms with Gasteiger partial charge in [-0.05, 0) is 73.9 Å². The molecule has 0 unspecified atom stereocenters. The first-order chi connectivity index (χ1) is 13.4. The fraction of sp³-hybridized carbons (Fsp3) is 0.520. The molecule has 0 radical (unpaired) electrons. The zero-order chi connectivity index (χ0) is 20.3. The van der Waals surface area contributed by atoms with Gasteiger partial charge in [-0.3, -0.25) is 4.90 Å². The molecule has 1 aliphatic rings. The zero-order valence-electron chi connectivity index (χ0n) is 18.0. The SMILES string of the molecule is COc1ccc(F)c(-c2ccc(CC(C)C)cc2CN2[C@@H](C)CCC[C@@H]2C)c1. The van der Waals surface area contributed by atoms with E-state index in [0.717, 1.165) is 18.5 Å². The maximum Gasteiger partial charge on any atom is 0.131 e. The molecule has 1 heterocycles. The molecular weight excluding hydrogens is 349 g/mol. The molecule has 3 heteroatoms. The lowest BCUT2D eigenvalue weighted by Crippen LogP contribution is -2.43. The molecule has 0 aromatic heterocycles. The van der Waals surface area contributed by atoms with Crippen molar-refractivity contribution in [3.05, 3.63) is 53.3 Å². The van der Waals surface area contributed by atoms with Gasteiger partial charge in [0.1, 0.15) is 11.6 Å². The number of benzene rings is 2. The van der Waals surface area contributed by atoms with E-state index in [1.54, 1.807) is 13.2 Å². The number of hydrogen-bond acceptors (Lipinski definition) is 2. The van der Waals surface area contributed by atoms with Crippen LogP contribution < -0.4 is 4.74 Å². The van der Waals surface area contributed by atoms with E-state index in [1.165, 1.54) is 36.5 Å². The van der Waals surface area contributed by atoms with Crippen molar-refractivity contribution in [1.29, 1.82) is 0 Å². The van der Waals surface area contributed by atoms with Gasteiger partial charge in [0.15, 0.2) is 0 Å². The topological polar surface area (TPSA) is 12.5 Å². The number of nitrogens with zero attached hydrogens (tertiary/aromatic N) is 1. The summed E-state index contributed by atoms with van der Waals surface area (Å²) in [6, 6.07) is 12.7. The summed E-state index contributed by atoms with van der Waals surface area (Å²) in [4.78, 5) is 2.58. The van der Waals surface area contributed by atoms with E-state index >= 15 is 0 Å². The van der Waals surface area contributed by atoms with Crippen LogP contribution in [0.25, 0.3) is 11.1 Å². The molecule has 0 spiro atoms. The van der Waals surface area contributed by atoms with Crippen molar-refractivity contribution >= 4 is 0 Å². The first kappa shape index (κ1) is 20.9. The Kier molecular flexibility index (Phi) is 6.77. The Morgan fingerprint density at radius 2 is 1.75 bits per heavy atom. The summed E-state index contributed by atoms with van der Waals surface area (Å²) >= 11 is 0. The number of methoxy groups -OCH3 is 1. The second-order valence-corrected chi connectivity index (χ2v) is 8.74. The molecule has 152 valence electrons. The van der Waals surface area contributed by atoms with Crippen LogP contribution in [0.5, 0.6) is 5.75 Å². The maximum absolute atomic E-state index is 14.7. The summed E-state index contributed by atoms with van der Waals surface area (Å²) in [5.74, 6) is 1.09. The van der Waals surface area contributed by atoms with Crippen molar-refractivity contribution in [2.75, 3.05) is 7.11 Å². The molecule has 0 amide bonds. The summed E-state index contributed by atoms with van der Waals surface area (Å²) < 4.78 is 20.1. The smallest absolute Gasteiger partial charge is 0.131 e. The van der Waals surface area contributed by atoms with Gasteiger partial charge in [0, 0.05) is 24.2 Å². The van der Waals surface area contributed by atoms with Crippen LogP contribution in [0.1, 0.15) is 58.1 Å². The highest BCUT2D eigenvalue weighted by atomic mass is 19.1. The third-order valence-electron chi connectivity index (χ3n) is 6.01. The molecule has 1 aliphatic heterocycles. The van der Waals surface area contributed by atoms with E-state index in [4.69, 9.17) is 4.74 Å². The molecule has 2 aromatic rings. The molecular formula is C25H34FNO. The van der Waals surface area contributed by atoms with Crippen molar-refractivity contribution in [1.82, 2.24) is 4.90 Å². The molecule has 28 heavy (non-hydrogen) atoms. The molecule has 2 aromatic carbocycles. The Labute approximate surface area is 169 Å². The monoisotopic (exact) mass is 383 g/mol. The van der Waals surface area contributed by atoms with Gasteiger partial charge < -0.3 is 4.74 Å². The van der Waals surface area contributed by atoms with Crippen molar-refractivity contribution < 1.29 is 9.13 Å². The van der Waals surface area contributed by atoms with E-state index in [2.05, 4.69) is 50.8 Å². The fourth-order valence-corrected chi connectivity index (χ4v) is 4.46. The molecule has 1 fully saturated rings. The number of hydrogen-bond donors (Lipinski definition) is 0. The summed E-state index contributed by atoms with van der Waals surface area (Å²) in [5, 5.41) is 0. The highest BCUT2D eigenvalue weighted by molar-refractivity contribution is 5.70. The quantitative estimate of drug-likeness (QED) is 0.567. The largest absolute Gasteiger partial charge is 0.497 e. The predicted molar refractivity (Wildman–Crippen MR) is 115 cm³/mol. The third kappa shape index (κ3) is 4.75. The van der Waals surface area contributed by atoms with Crippen LogP contribution >= 0.6 is 0 Å². The first-order valence-corrected chi connectivity index (χ1v) is 10.6. The molecule has 0 bridgehead atoms. The molecule has 2 atom stereocenters. The van der Waals surface area contributed by atoms with Gasteiger partial charge in [-0.1, -0.05) is 38.5 Å². The van der Waals surface area contributed by atoms with E-state index in [-0.39, 0.29) is 5.82 Å². The number of likely N-dealkylation sites (tertiary alicyclic amines) is 1. The van der Waals surface area contributed by atoms with Gasteiger partial charge in [0.25, 0.3) is 0 Å². The van der Waals surface area contributed by atoms with Crippen LogP contribution in [0.4, 0.5) is 4.39 Å². The maximum atomic E-state index is 14.7. The molecule has 0 aliphatic carbocycles. The van der Waals surface area contributed by atoms with E-state index in [0.29, 0.717) is 29.3 Å². The lowest BCUT2D eigenvalue weighted by Gasteiger charge is -2.39. The highest BCUT2D eigenvalue weighted by Crippen LogP contribution is 2.33. The number of rotatable bonds is 6. The van der Waals surface area contributed by atoms with Crippen LogP contribution in [-0.4, -0.2) is 24.1 Å². The van der Waals surface area contributed by atoms with Gasteiger partial charge in [-0.2, -0.15) is 0 Å². The first-order valence-electron chi connectivity index (χ1n) is 10.6. The van der Waals surface area contributed by atoms with Crippen LogP contribution in [0.3, 0.4) is 0 Å². The standard InChI is InChI=1S/C25H34FNO/c1-17(2)13-20-9-11-23(24-15-22(28-5)10-12-25(24)26)21(14-20)16-27-18(3)7-6-8-19(27)4/h9-12,14-15,17-19H,6-8,13,16H2,1-5H3/t18-,19-/m0/s1. The molecule has 2 nitrogen and oxygen atoms in total. The summed E-state index contributed by atoms with van der Waals surface area (Å²) in [6.07, 6.45) is 4.81. The fourth-order valence-electron chi connectivity index (χ4n) is 4.46. The van der Waals surface area contributed by atoms with Gasteiger partial charge in [-0.15, -0.1) is 0 Å². The van der Waals surface area contributed by atoms with Crippen LogP contribution in [-0.2, 0) is 13.0 Å². The Bertz CT molecular complexity index is 791. The van der Waals surface area contributed by atoms with Crippen molar-refractivity contribution in [3.8, 4) is 16.9 Å². The van der Waals surface area contributed by atoms with Crippen LogP contribution in [0, 0.1) is 11.7 Å². The third-order valence-corrected chi connectivity index (χ3v) is 6.01. The Balaban J connectivity index is 2.04. The minimum atomic E-state index is -0.196. The number of piperidine rings is 1. The van der Waals surface area contributed by atoms with Gasteiger partial charge in [0.05, 0.1) is 7.11 Å². The second-order valence-electron chi connectivity index (χ2n) is 8.74. The Morgan fingerprint density at radius 1 is 1.04 bits per heavy atom. The van der Waals surface area contributed by atoms with Crippen molar-refractivity contribution in [3.63, 3.8) is 0 Å². The van der Waals surface area contributed by atoms with E-state index in [9.17, 15) is 4.39 Å². The number of ether oxygens (including phenoxy) is 1. The number of halogens is 1. The zero-order valence-corrected chi connectivity index (χ0v) is 18.0. The van der Waals surface area contributed by atoms with Gasteiger partial charge in [0.2, 0.25) is 0 Å². The lowest BCUT2D eigenvalue weighted by molar-refractivity contribution is 0.0954. The average molecular weight is 384 g/mol. The van der Waals surface area contributed by atoms with Crippen molar-refractivity contribution in [2.24, 2.45) is 5.92 Å². The van der Waals surface area contributed by atoms with E-state index < -0.39 is 0 Å². The molecule has 3 rings (SSSR count). The second kappa shape index (κ2) is 9.09. The van der Waals surface area contributed by atoms with Gasteiger partial charge >= 0.3 is 0 Å². The summed E-state index contributed by atoms with van der Waals surface area (Å²) in [6.45, 7) is 9.98. The van der Waals surface area contributed by atoms with Crippen LogP contribution in [0.15, 0.2) is 36.4 Å². The molecule has 0 N–H and O–H groups in total. The average Bonchev–Trinajstić information content (AvgIpc) is 2.65. The lowest BCUT2D eigenvalue weighted by atomic mass is 9.91. The minimum absolute atomic E-state index is 0.196. The van der Waals surface area contributed by atoms with Crippen molar-refractivity contribution in [2.45, 2.75) is 72.0 Å². The van der Waals surface area contributed by atoms with Crippen LogP contribution in [0.2, 0.25) is 0 Å². The highest BCUT2D eigenvalue weighted by Gasteiger charge is 2.26. The van der Waals surface area contributed by atoms with Gasteiger partial charge in [-0.25, -0.2) is 4.39 Å². The minimum Gasteiger partial charge on any atom is -0.497 e. The predicted octanol–water partition coefficient (Wildman–Crippen LogP) is 6.46. The molecule has 0 saturated carbocycles. The summed E-state index contributed by atoms with van der Waals surface area (Å²) in [7, 11) is 1.63. The Morgan fingerprint density at radius 3 is 2.39 bits per heavy atom. The normalized spacial score (nSPS) is 20.5.